The van der Waals surface area contributed by atoms with Gasteiger partial charge in [0, 0.05) is 0 Å². The van der Waals surface area contributed by atoms with Gasteiger partial charge in [0.25, 0.3) is 0 Å². The van der Waals surface area contributed by atoms with Crippen molar-refractivity contribution in [2.45, 2.75) is 0 Å². The van der Waals surface area contributed by atoms with Crippen LogP contribution in [0.1, 0.15) is 0 Å². The highest BCUT2D eigenvalue weighted by Crippen LogP contribution is 1.76. The highest BCUT2D eigenvalue weighted by atomic mass is 15.0. The summed E-state index contributed by atoms with van der Waals surface area (Å²) in [5.41, 5.74) is 8.50. The molecule has 0 saturated heterocycles. The lowest BCUT2D eigenvalue weighted by molar-refractivity contribution is 0.00242. The Balaban J connectivity index is 2.84. The van der Waals surface area contributed by atoms with E-state index < -0.39 is 0 Å². The molecule has 0 aromatic heterocycles. The molecule has 0 unspecified atom stereocenters. The van der Waals surface area contributed by atoms with Crippen molar-refractivity contribution in [3.63, 3.8) is 0 Å². The van der Waals surface area contributed by atoms with E-state index in [2.05, 4.69) is 14.8 Å². The topological polar surface area (TPSA) is 61.1 Å². The maximum absolute atomic E-state index is 8.10. The molecule has 0 aliphatic carbocycles. The minimum Gasteiger partial charge on any atom is -0.361 e. The molecule has 1 heterocycles. The Hall–Kier alpha value is -1.28. The van der Waals surface area contributed by atoms with Crippen molar-refractivity contribution >= 4 is 18.1 Å². The van der Waals surface area contributed by atoms with E-state index in [9.17, 15) is 0 Å². The van der Waals surface area contributed by atoms with Gasteiger partial charge < -0.3 is 5.53 Å². The summed E-state index contributed by atoms with van der Waals surface area (Å²) < 4.78 is 0. The number of nitrogens with zero attached hydrogens (tertiary/aromatic N) is 4. The molecule has 0 aromatic rings. The largest absolute Gasteiger partial charge is 0.361 e. The van der Waals surface area contributed by atoms with Crippen LogP contribution in [0.15, 0.2) is 9.98 Å². The number of hydrogen-bond acceptors (Lipinski definition) is 2. The molecule has 0 spiro atoms. The molecule has 8 heavy (non-hydrogen) atoms. The fourth-order valence-electron chi connectivity index (χ4n) is 0.401. The van der Waals surface area contributed by atoms with Crippen LogP contribution in [0.2, 0.25) is 0 Å². The number of aliphatic imine (C=N–C) groups is 2. The van der Waals surface area contributed by atoms with Gasteiger partial charge in [-0.05, 0) is 0 Å². The van der Waals surface area contributed by atoms with E-state index in [1.165, 1.54) is 12.4 Å². The van der Waals surface area contributed by atoms with Crippen molar-refractivity contribution in [2.24, 2.45) is 9.98 Å². The van der Waals surface area contributed by atoms with Crippen molar-refractivity contribution in [3.8, 4) is 0 Å². The van der Waals surface area contributed by atoms with Crippen LogP contribution in [0, 0.1) is 0 Å². The van der Waals surface area contributed by atoms with E-state index in [1.54, 1.807) is 0 Å². The molecule has 1 rings (SSSR count). The third-order valence-electron chi connectivity index (χ3n) is 0.726. The van der Waals surface area contributed by atoms with Crippen LogP contribution in [0.5, 0.6) is 0 Å². The highest BCUT2D eigenvalue weighted by molar-refractivity contribution is 6.53. The van der Waals surface area contributed by atoms with Crippen LogP contribution in [0.25, 0.3) is 5.53 Å². The van der Waals surface area contributed by atoms with Crippen molar-refractivity contribution in [1.29, 1.82) is 0 Å². The van der Waals surface area contributed by atoms with Gasteiger partial charge >= 0.3 is 5.71 Å². The van der Waals surface area contributed by atoms with Gasteiger partial charge in [-0.1, -0.05) is 0 Å². The van der Waals surface area contributed by atoms with Gasteiger partial charge in [0.1, 0.15) is 19.1 Å². The van der Waals surface area contributed by atoms with E-state index in [4.69, 9.17) is 5.53 Å². The minimum absolute atomic E-state index is 0.399. The first-order valence-corrected chi connectivity index (χ1v) is 2.15. The predicted molar refractivity (Wildman–Crippen MR) is 30.5 cm³/mol. The zero-order valence-corrected chi connectivity index (χ0v) is 4.15. The van der Waals surface area contributed by atoms with Crippen molar-refractivity contribution in [1.82, 2.24) is 0 Å². The zero-order valence-electron chi connectivity index (χ0n) is 4.15. The molecule has 1 aliphatic heterocycles. The molecule has 0 radical (unpaired) electrons. The standard InChI is InChI=1S/C4H4N4/c5-8-4-1-6-3-7-2-4/h1-2H,3H2. The van der Waals surface area contributed by atoms with E-state index in [0.717, 1.165) is 0 Å². The molecule has 1 aliphatic rings. The molecule has 0 aromatic carbocycles. The van der Waals surface area contributed by atoms with E-state index >= 15 is 0 Å². The van der Waals surface area contributed by atoms with Gasteiger partial charge in [0.15, 0.2) is 0 Å². The Morgan fingerprint density at radius 3 is 2.50 bits per heavy atom. The predicted octanol–water partition coefficient (Wildman–Crippen LogP) is -0.230. The van der Waals surface area contributed by atoms with Crippen LogP contribution in [-0.4, -0.2) is 29.6 Å². The van der Waals surface area contributed by atoms with Crippen molar-refractivity contribution in [2.75, 3.05) is 6.67 Å². The lowest BCUT2D eigenvalue weighted by atomic mass is 10.4. The summed E-state index contributed by atoms with van der Waals surface area (Å²) >= 11 is 0. The Bertz CT molecular complexity index is 170. The summed E-state index contributed by atoms with van der Waals surface area (Å²) in [5.74, 6) is 0. The Morgan fingerprint density at radius 1 is 1.50 bits per heavy atom. The minimum atomic E-state index is 0.399. The molecule has 0 saturated carbocycles. The van der Waals surface area contributed by atoms with Gasteiger partial charge in [-0.25, -0.2) is 0 Å². The lowest BCUT2D eigenvalue weighted by Gasteiger charge is -1.85. The molecule has 0 amide bonds. The smallest absolute Gasteiger partial charge is 0.350 e. The second-order valence-electron chi connectivity index (χ2n) is 1.29. The summed E-state index contributed by atoms with van der Waals surface area (Å²) in [4.78, 5) is 10.3. The van der Waals surface area contributed by atoms with E-state index in [0.29, 0.717) is 12.4 Å². The first-order chi connectivity index (χ1) is 3.93. The molecular weight excluding hydrogens is 104 g/mol. The molecule has 0 atom stereocenters. The van der Waals surface area contributed by atoms with Gasteiger partial charge in [-0.3, -0.25) is 9.98 Å². The average molecular weight is 108 g/mol. The van der Waals surface area contributed by atoms with Crippen LogP contribution in [0.4, 0.5) is 0 Å². The van der Waals surface area contributed by atoms with Gasteiger partial charge in [-0.2, -0.15) is 4.79 Å². The molecular formula is C4H4N4. The first-order valence-electron chi connectivity index (χ1n) is 2.15. The second kappa shape index (κ2) is 2.14. The summed E-state index contributed by atoms with van der Waals surface area (Å²) in [6, 6.07) is 0. The summed E-state index contributed by atoms with van der Waals surface area (Å²) in [6.07, 6.45) is 2.93. The van der Waals surface area contributed by atoms with E-state index in [-0.39, 0.29) is 0 Å². The van der Waals surface area contributed by atoms with E-state index in [1.807, 2.05) is 0 Å². The second-order valence-corrected chi connectivity index (χ2v) is 1.29. The Kier molecular flexibility index (Phi) is 1.30. The molecule has 4 nitrogen and oxygen atoms in total. The normalized spacial score (nSPS) is 16.2. The van der Waals surface area contributed by atoms with Crippen LogP contribution in [0.3, 0.4) is 0 Å². The fraction of sp³-hybridized carbons (Fsp3) is 0.250. The maximum Gasteiger partial charge on any atom is 0.350 e. The quantitative estimate of drug-likeness (QED) is 0.304. The number of rotatable bonds is 0. The van der Waals surface area contributed by atoms with Gasteiger partial charge in [0.05, 0.1) is 0 Å². The van der Waals surface area contributed by atoms with Crippen LogP contribution >= 0.6 is 0 Å². The summed E-state index contributed by atoms with van der Waals surface area (Å²) in [6.45, 7) is 0.443. The molecule has 0 fully saturated rings. The van der Waals surface area contributed by atoms with Crippen LogP contribution in [-0.2, 0) is 0 Å². The molecule has 4 heteroatoms. The monoisotopic (exact) mass is 108 g/mol. The van der Waals surface area contributed by atoms with Crippen molar-refractivity contribution in [3.05, 3.63) is 5.53 Å². The van der Waals surface area contributed by atoms with Gasteiger partial charge in [0.2, 0.25) is 0 Å². The maximum atomic E-state index is 8.10. The first kappa shape index (κ1) is 4.87. The lowest BCUT2D eigenvalue weighted by Crippen LogP contribution is -2.07. The fourth-order valence-corrected chi connectivity index (χ4v) is 0.401. The number of hydrogen-bond donors (Lipinski definition) is 0. The van der Waals surface area contributed by atoms with Crippen LogP contribution < -0.4 is 0 Å². The summed E-state index contributed by atoms with van der Waals surface area (Å²) in [7, 11) is 0. The SMILES string of the molecule is [N-]=[N+]=C1C=NCN=C1. The average Bonchev–Trinajstić information content (AvgIpc) is 1.90. The molecule has 0 N–H and O–H groups in total. The highest BCUT2D eigenvalue weighted by Gasteiger charge is 1.99. The third-order valence-corrected chi connectivity index (χ3v) is 0.726. The third kappa shape index (κ3) is 0.859. The van der Waals surface area contributed by atoms with Crippen molar-refractivity contribution < 1.29 is 4.79 Å². The Morgan fingerprint density at radius 2 is 2.12 bits per heavy atom. The summed E-state index contributed by atoms with van der Waals surface area (Å²) in [5, 5.41) is 0. The zero-order chi connectivity index (χ0) is 5.82. The Labute approximate surface area is 46.2 Å². The van der Waals surface area contributed by atoms with Gasteiger partial charge in [-0.15, -0.1) is 0 Å². The molecule has 40 valence electrons. The molecule has 0 bridgehead atoms.